The lowest BCUT2D eigenvalue weighted by Gasteiger charge is -2.17. The molecule has 6 rings (SSSR count). The zero-order valence-electron chi connectivity index (χ0n) is 18.8. The number of carbonyl (C=O) groups is 1. The fourth-order valence-corrected chi connectivity index (χ4v) is 6.50. The Balaban J connectivity index is 1.46. The minimum atomic E-state index is -0.0685. The molecule has 0 atom stereocenters. The summed E-state index contributed by atoms with van der Waals surface area (Å²) in [5.74, 6) is 0.0337. The van der Waals surface area contributed by atoms with Gasteiger partial charge < -0.3 is 10.0 Å². The molecular formula is C27H20N4O2S2. The molecule has 3 heterocycles. The highest BCUT2D eigenvalue weighted by Gasteiger charge is 2.39. The molecule has 35 heavy (non-hydrogen) atoms. The first kappa shape index (κ1) is 21.8. The molecular weight excluding hydrogens is 476 g/mol. The van der Waals surface area contributed by atoms with Crippen molar-refractivity contribution in [2.24, 2.45) is 4.99 Å². The Bertz CT molecular complexity index is 1540. The van der Waals surface area contributed by atoms with E-state index in [1.807, 2.05) is 61.6 Å². The molecule has 8 heteroatoms. The van der Waals surface area contributed by atoms with Gasteiger partial charge in [-0.1, -0.05) is 54.2 Å². The molecule has 0 bridgehead atoms. The Morgan fingerprint density at radius 2 is 1.74 bits per heavy atom. The molecule has 172 valence electrons. The van der Waals surface area contributed by atoms with Crippen molar-refractivity contribution in [3.8, 4) is 5.75 Å². The lowest BCUT2D eigenvalue weighted by molar-refractivity contribution is -0.122. The second kappa shape index (κ2) is 8.79. The van der Waals surface area contributed by atoms with Crippen molar-refractivity contribution >= 4 is 56.9 Å². The number of thioether (sulfide) groups is 2. The summed E-state index contributed by atoms with van der Waals surface area (Å²) in [7, 11) is 1.99. The van der Waals surface area contributed by atoms with Gasteiger partial charge in [-0.25, -0.2) is 4.99 Å². The molecule has 0 saturated carbocycles. The summed E-state index contributed by atoms with van der Waals surface area (Å²) in [4.78, 5) is 28.6. The Morgan fingerprint density at radius 1 is 0.943 bits per heavy atom. The number of benzene rings is 3. The molecule has 0 aliphatic carbocycles. The highest BCUT2D eigenvalue weighted by Crippen LogP contribution is 2.50. The number of pyridine rings is 1. The van der Waals surface area contributed by atoms with E-state index in [2.05, 4.69) is 22.0 Å². The summed E-state index contributed by atoms with van der Waals surface area (Å²) >= 11 is 2.99. The predicted molar refractivity (Wildman–Crippen MR) is 143 cm³/mol. The number of hydrogen-bond donors (Lipinski definition) is 1. The van der Waals surface area contributed by atoms with E-state index in [0.29, 0.717) is 27.8 Å². The van der Waals surface area contributed by atoms with Crippen molar-refractivity contribution in [2.45, 2.75) is 11.4 Å². The van der Waals surface area contributed by atoms with Crippen LogP contribution in [0.3, 0.4) is 0 Å². The van der Waals surface area contributed by atoms with Crippen LogP contribution in [0.25, 0.3) is 10.9 Å². The van der Waals surface area contributed by atoms with Gasteiger partial charge in [0.15, 0.2) is 5.17 Å². The second-order valence-corrected chi connectivity index (χ2v) is 10.1. The number of carbonyl (C=O) groups excluding carboxylic acids is 1. The van der Waals surface area contributed by atoms with E-state index in [0.717, 1.165) is 26.6 Å². The van der Waals surface area contributed by atoms with E-state index in [9.17, 15) is 9.90 Å². The predicted octanol–water partition coefficient (Wildman–Crippen LogP) is 6.11. The van der Waals surface area contributed by atoms with Crippen LogP contribution in [-0.2, 0) is 11.3 Å². The number of amidine groups is 1. The number of nitrogens with zero attached hydrogens (tertiary/aromatic N) is 4. The van der Waals surface area contributed by atoms with Gasteiger partial charge in [0, 0.05) is 23.5 Å². The monoisotopic (exact) mass is 496 g/mol. The smallest absolute Gasteiger partial charge is 0.269 e. The number of aromatic hydroxyl groups is 1. The van der Waals surface area contributed by atoms with Gasteiger partial charge in [-0.3, -0.25) is 14.7 Å². The van der Waals surface area contributed by atoms with Crippen LogP contribution in [0, 0.1) is 0 Å². The van der Waals surface area contributed by atoms with Gasteiger partial charge in [0.05, 0.1) is 22.9 Å². The second-order valence-electron chi connectivity index (χ2n) is 8.14. The first-order valence-electron chi connectivity index (χ1n) is 11.0. The number of fused-ring (bicyclic) bond motifs is 2. The molecule has 1 aromatic heterocycles. The number of rotatable bonds is 3. The van der Waals surface area contributed by atoms with Crippen LogP contribution >= 0.6 is 23.5 Å². The van der Waals surface area contributed by atoms with E-state index < -0.39 is 0 Å². The van der Waals surface area contributed by atoms with Crippen molar-refractivity contribution in [3.05, 3.63) is 101 Å². The Kier molecular flexibility index (Phi) is 5.47. The minimum Gasteiger partial charge on any atom is -0.506 e. The average Bonchev–Trinajstić information content (AvgIpc) is 3.38. The molecule has 0 spiro atoms. The van der Waals surface area contributed by atoms with Crippen molar-refractivity contribution < 1.29 is 9.90 Å². The van der Waals surface area contributed by atoms with Gasteiger partial charge in [0.1, 0.15) is 16.2 Å². The molecule has 1 amide bonds. The van der Waals surface area contributed by atoms with Crippen molar-refractivity contribution in [3.63, 3.8) is 0 Å². The number of hydrogen-bond acceptors (Lipinski definition) is 7. The molecule has 1 N–H and O–H groups in total. The van der Waals surface area contributed by atoms with E-state index in [-0.39, 0.29) is 11.7 Å². The van der Waals surface area contributed by atoms with Gasteiger partial charge in [0.25, 0.3) is 5.91 Å². The van der Waals surface area contributed by atoms with Crippen LogP contribution in [0.15, 0.2) is 105 Å². The number of amides is 1. The van der Waals surface area contributed by atoms with Crippen molar-refractivity contribution in [1.82, 2.24) is 9.88 Å². The minimum absolute atomic E-state index is 0.0685. The van der Waals surface area contributed by atoms with Crippen LogP contribution in [0.4, 0.5) is 11.4 Å². The van der Waals surface area contributed by atoms with E-state index in [1.165, 1.54) is 11.8 Å². The highest BCUT2D eigenvalue weighted by atomic mass is 32.2. The van der Waals surface area contributed by atoms with Crippen LogP contribution in [0.1, 0.15) is 5.56 Å². The average molecular weight is 497 g/mol. The fourth-order valence-electron chi connectivity index (χ4n) is 4.17. The van der Waals surface area contributed by atoms with Gasteiger partial charge in [0.2, 0.25) is 0 Å². The molecule has 0 unspecified atom stereocenters. The van der Waals surface area contributed by atoms with E-state index in [4.69, 9.17) is 4.99 Å². The first-order chi connectivity index (χ1) is 17.1. The topological polar surface area (TPSA) is 69.0 Å². The number of anilines is 1. The first-order valence-corrected chi connectivity index (χ1v) is 12.7. The third-order valence-corrected chi connectivity index (χ3v) is 8.35. The molecule has 3 aromatic carbocycles. The molecule has 4 aromatic rings. The summed E-state index contributed by atoms with van der Waals surface area (Å²) in [5.41, 5.74) is 3.25. The maximum atomic E-state index is 13.8. The third kappa shape index (κ3) is 3.84. The number of phenols is 1. The number of aliphatic imine (C=N–C) groups is 1. The van der Waals surface area contributed by atoms with Crippen LogP contribution < -0.4 is 4.90 Å². The maximum absolute atomic E-state index is 13.8. The lowest BCUT2D eigenvalue weighted by Crippen LogP contribution is -2.29. The SMILES string of the molecule is CN1/C(=C2\SC(=Nc3ccc(O)c4ncccc34)N(Cc3ccccc3)C2=O)Sc2ccccc21. The summed E-state index contributed by atoms with van der Waals surface area (Å²) in [6, 6.07) is 25.1. The summed E-state index contributed by atoms with van der Waals surface area (Å²) < 4.78 is 0. The molecule has 1 fully saturated rings. The Morgan fingerprint density at radius 3 is 2.57 bits per heavy atom. The number of para-hydroxylation sites is 1. The van der Waals surface area contributed by atoms with E-state index >= 15 is 0 Å². The van der Waals surface area contributed by atoms with Gasteiger partial charge in [-0.15, -0.1) is 0 Å². The summed E-state index contributed by atoms with van der Waals surface area (Å²) in [6.07, 6.45) is 1.64. The molecule has 1 saturated heterocycles. The summed E-state index contributed by atoms with van der Waals surface area (Å²) in [5, 5.41) is 12.5. The van der Waals surface area contributed by atoms with Gasteiger partial charge in [-0.2, -0.15) is 0 Å². The highest BCUT2D eigenvalue weighted by molar-refractivity contribution is 8.19. The number of phenolic OH excluding ortho intramolecular Hbond substituents is 1. The van der Waals surface area contributed by atoms with E-state index in [1.54, 1.807) is 35.0 Å². The molecule has 2 aliphatic rings. The van der Waals surface area contributed by atoms with Crippen LogP contribution in [0.5, 0.6) is 5.75 Å². The maximum Gasteiger partial charge on any atom is 0.269 e. The van der Waals surface area contributed by atoms with Crippen molar-refractivity contribution in [2.75, 3.05) is 11.9 Å². The molecule has 6 nitrogen and oxygen atoms in total. The van der Waals surface area contributed by atoms with Gasteiger partial charge in [-0.05, 0) is 53.7 Å². The van der Waals surface area contributed by atoms with Crippen LogP contribution in [-0.4, -0.2) is 33.1 Å². The summed E-state index contributed by atoms with van der Waals surface area (Å²) in [6.45, 7) is 0.415. The van der Waals surface area contributed by atoms with Gasteiger partial charge >= 0.3 is 0 Å². The number of aromatic nitrogens is 1. The zero-order chi connectivity index (χ0) is 23.9. The molecule has 0 radical (unpaired) electrons. The zero-order valence-corrected chi connectivity index (χ0v) is 20.4. The Labute approximate surface area is 211 Å². The quantitative estimate of drug-likeness (QED) is 0.345. The van der Waals surface area contributed by atoms with Crippen LogP contribution in [0.2, 0.25) is 0 Å². The fraction of sp³-hybridized carbons (Fsp3) is 0.0741. The third-order valence-electron chi connectivity index (χ3n) is 5.92. The lowest BCUT2D eigenvalue weighted by atomic mass is 10.1. The normalized spacial score (nSPS) is 18.7. The largest absolute Gasteiger partial charge is 0.506 e. The van der Waals surface area contributed by atoms with Crippen molar-refractivity contribution in [1.29, 1.82) is 0 Å². The standard InChI is InChI=1S/C27H20N4O2S2/c1-30-20-11-5-6-12-22(20)34-26(30)24-25(33)31(16-17-8-3-2-4-9-17)27(35-24)29-19-13-14-21(32)23-18(19)10-7-15-28-23/h2-15,32H,16H2,1H3/b26-24+,29-27?. The Hall–Kier alpha value is -3.75. The molecule has 2 aliphatic heterocycles.